The van der Waals surface area contributed by atoms with Gasteiger partial charge in [-0.1, -0.05) is 20.8 Å². The van der Waals surface area contributed by atoms with Crippen molar-refractivity contribution in [2.75, 3.05) is 13.1 Å². The Bertz CT molecular complexity index is 260. The molecule has 0 radical (unpaired) electrons. The van der Waals surface area contributed by atoms with E-state index in [0.717, 1.165) is 31.3 Å². The molecule has 0 aromatic rings. The molecule has 1 aliphatic heterocycles. The number of amidine groups is 1. The Morgan fingerprint density at radius 3 is 2.59 bits per heavy atom. The zero-order valence-electron chi connectivity index (χ0n) is 11.9. The van der Waals surface area contributed by atoms with Gasteiger partial charge < -0.3 is 10.6 Å². The predicted molar refractivity (Wildman–Crippen MR) is 74.4 cm³/mol. The van der Waals surface area contributed by atoms with Crippen molar-refractivity contribution in [1.82, 2.24) is 4.90 Å². The fraction of sp³-hybridized carbons (Fsp3) is 0.929. The molecule has 17 heavy (non-hydrogen) atoms. The molecule has 1 fully saturated rings. The molecule has 3 heteroatoms. The summed E-state index contributed by atoms with van der Waals surface area (Å²) in [5.41, 5.74) is 5.47. The summed E-state index contributed by atoms with van der Waals surface area (Å²) in [4.78, 5) is 2.60. The summed E-state index contributed by atoms with van der Waals surface area (Å²) in [6, 6.07) is 0.728. The average Bonchev–Trinajstić information content (AvgIpc) is 2.22. The molecule has 1 rings (SSSR count). The van der Waals surface area contributed by atoms with E-state index in [9.17, 15) is 0 Å². The summed E-state index contributed by atoms with van der Waals surface area (Å²) in [5.74, 6) is 1.16. The molecule has 2 unspecified atom stereocenters. The van der Waals surface area contributed by atoms with Gasteiger partial charge in [-0.2, -0.15) is 0 Å². The topological polar surface area (TPSA) is 53.1 Å². The first kappa shape index (κ1) is 14.5. The Balaban J connectivity index is 2.32. The molecule has 3 nitrogen and oxygen atoms in total. The second-order valence-electron chi connectivity index (χ2n) is 6.43. The normalized spacial score (nSPS) is 27.1. The maximum absolute atomic E-state index is 7.56. The molecule has 1 aliphatic rings. The summed E-state index contributed by atoms with van der Waals surface area (Å²) in [6.07, 6.45) is 4.86. The molecule has 0 saturated carbocycles. The standard InChI is InChI=1S/C14H29N3/c1-11-6-7-12(2)17(10-11)9-5-8-14(3,4)13(15)16/h11-12H,5-10H2,1-4H3,(H3,15,16). The van der Waals surface area contributed by atoms with E-state index in [1.807, 2.05) is 0 Å². The molecule has 0 aliphatic carbocycles. The number of nitrogens with one attached hydrogen (secondary N) is 1. The summed E-state index contributed by atoms with van der Waals surface area (Å²) >= 11 is 0. The Morgan fingerprint density at radius 2 is 2.00 bits per heavy atom. The minimum Gasteiger partial charge on any atom is -0.387 e. The lowest BCUT2D eigenvalue weighted by atomic mass is 9.86. The van der Waals surface area contributed by atoms with Crippen LogP contribution in [0.25, 0.3) is 0 Å². The summed E-state index contributed by atoms with van der Waals surface area (Å²) in [6.45, 7) is 11.2. The van der Waals surface area contributed by atoms with Crippen molar-refractivity contribution >= 4 is 5.84 Å². The van der Waals surface area contributed by atoms with Gasteiger partial charge in [0.05, 0.1) is 5.84 Å². The number of nitrogens with two attached hydrogens (primary N) is 1. The fourth-order valence-corrected chi connectivity index (χ4v) is 2.55. The maximum Gasteiger partial charge on any atom is 0.0963 e. The number of rotatable bonds is 5. The van der Waals surface area contributed by atoms with E-state index in [0.29, 0.717) is 5.84 Å². The molecular weight excluding hydrogens is 210 g/mol. The molecular formula is C14H29N3. The van der Waals surface area contributed by atoms with E-state index in [1.165, 1.54) is 19.4 Å². The number of hydrogen-bond donors (Lipinski definition) is 2. The maximum atomic E-state index is 7.56. The zero-order chi connectivity index (χ0) is 13.1. The molecule has 2 atom stereocenters. The Kier molecular flexibility index (Phi) is 4.99. The Hall–Kier alpha value is -0.570. The van der Waals surface area contributed by atoms with Gasteiger partial charge in [0.2, 0.25) is 0 Å². The molecule has 0 aromatic heterocycles. The molecule has 0 amide bonds. The SMILES string of the molecule is CC1CCC(C)N(CCCC(C)(C)C(=N)N)C1. The summed E-state index contributed by atoms with van der Waals surface area (Å²) < 4.78 is 0. The summed E-state index contributed by atoms with van der Waals surface area (Å²) in [7, 11) is 0. The van der Waals surface area contributed by atoms with Crippen molar-refractivity contribution in [2.24, 2.45) is 17.1 Å². The third-order valence-corrected chi connectivity index (χ3v) is 4.22. The van der Waals surface area contributed by atoms with Gasteiger partial charge in [-0.3, -0.25) is 5.41 Å². The van der Waals surface area contributed by atoms with Gasteiger partial charge in [0.15, 0.2) is 0 Å². The van der Waals surface area contributed by atoms with Crippen molar-refractivity contribution in [3.05, 3.63) is 0 Å². The number of likely N-dealkylation sites (tertiary alicyclic amines) is 1. The molecule has 0 aromatic carbocycles. The van der Waals surface area contributed by atoms with E-state index in [2.05, 4.69) is 32.6 Å². The van der Waals surface area contributed by atoms with Crippen LogP contribution in [0.2, 0.25) is 0 Å². The van der Waals surface area contributed by atoms with Gasteiger partial charge >= 0.3 is 0 Å². The van der Waals surface area contributed by atoms with Crippen molar-refractivity contribution in [1.29, 1.82) is 5.41 Å². The highest BCUT2D eigenvalue weighted by molar-refractivity contribution is 5.82. The first-order valence-corrected chi connectivity index (χ1v) is 6.91. The minimum absolute atomic E-state index is 0.134. The van der Waals surface area contributed by atoms with E-state index in [-0.39, 0.29) is 5.41 Å². The lowest BCUT2D eigenvalue weighted by Crippen LogP contribution is -2.42. The van der Waals surface area contributed by atoms with Gasteiger partial charge in [0.1, 0.15) is 0 Å². The number of piperidine rings is 1. The monoisotopic (exact) mass is 239 g/mol. The minimum atomic E-state index is -0.134. The highest BCUT2D eigenvalue weighted by Gasteiger charge is 2.25. The highest BCUT2D eigenvalue weighted by Crippen LogP contribution is 2.25. The quantitative estimate of drug-likeness (QED) is 0.572. The predicted octanol–water partition coefficient (Wildman–Crippen LogP) is 2.85. The van der Waals surface area contributed by atoms with Crippen LogP contribution in [0, 0.1) is 16.7 Å². The lowest BCUT2D eigenvalue weighted by Gasteiger charge is -2.37. The molecule has 3 N–H and O–H groups in total. The van der Waals surface area contributed by atoms with Crippen LogP contribution in [0.4, 0.5) is 0 Å². The van der Waals surface area contributed by atoms with Crippen LogP contribution in [0.3, 0.4) is 0 Å². The van der Waals surface area contributed by atoms with Crippen LogP contribution in [0.5, 0.6) is 0 Å². The van der Waals surface area contributed by atoms with Crippen LogP contribution in [-0.2, 0) is 0 Å². The first-order chi connectivity index (χ1) is 7.83. The van der Waals surface area contributed by atoms with Gasteiger partial charge in [0, 0.05) is 18.0 Å². The van der Waals surface area contributed by atoms with Crippen LogP contribution < -0.4 is 5.73 Å². The summed E-state index contributed by atoms with van der Waals surface area (Å²) in [5, 5.41) is 7.56. The van der Waals surface area contributed by atoms with Crippen LogP contribution >= 0.6 is 0 Å². The fourth-order valence-electron chi connectivity index (χ4n) is 2.55. The number of nitrogens with zero attached hydrogens (tertiary/aromatic N) is 1. The van der Waals surface area contributed by atoms with Gasteiger partial charge in [-0.25, -0.2) is 0 Å². The van der Waals surface area contributed by atoms with Crippen LogP contribution in [-0.4, -0.2) is 29.9 Å². The highest BCUT2D eigenvalue weighted by atomic mass is 15.2. The molecule has 0 spiro atoms. The smallest absolute Gasteiger partial charge is 0.0963 e. The lowest BCUT2D eigenvalue weighted by molar-refractivity contribution is 0.120. The van der Waals surface area contributed by atoms with Crippen LogP contribution in [0.1, 0.15) is 53.4 Å². The molecule has 1 saturated heterocycles. The van der Waals surface area contributed by atoms with Gasteiger partial charge in [0.25, 0.3) is 0 Å². The van der Waals surface area contributed by atoms with Gasteiger partial charge in [-0.15, -0.1) is 0 Å². The van der Waals surface area contributed by atoms with Crippen molar-refractivity contribution < 1.29 is 0 Å². The van der Waals surface area contributed by atoms with Gasteiger partial charge in [-0.05, 0) is 45.1 Å². The first-order valence-electron chi connectivity index (χ1n) is 6.91. The second-order valence-corrected chi connectivity index (χ2v) is 6.43. The largest absolute Gasteiger partial charge is 0.387 e. The zero-order valence-corrected chi connectivity index (χ0v) is 11.9. The molecule has 100 valence electrons. The third kappa shape index (κ3) is 4.30. The Labute approximate surface area is 106 Å². The van der Waals surface area contributed by atoms with E-state index < -0.39 is 0 Å². The van der Waals surface area contributed by atoms with Crippen molar-refractivity contribution in [3.8, 4) is 0 Å². The van der Waals surface area contributed by atoms with E-state index in [4.69, 9.17) is 11.1 Å². The van der Waals surface area contributed by atoms with E-state index in [1.54, 1.807) is 0 Å². The third-order valence-electron chi connectivity index (χ3n) is 4.22. The number of hydrogen-bond acceptors (Lipinski definition) is 2. The second kappa shape index (κ2) is 5.85. The Morgan fingerprint density at radius 1 is 1.35 bits per heavy atom. The molecule has 1 heterocycles. The average molecular weight is 239 g/mol. The molecule has 0 bridgehead atoms. The van der Waals surface area contributed by atoms with E-state index >= 15 is 0 Å². The van der Waals surface area contributed by atoms with Crippen molar-refractivity contribution in [3.63, 3.8) is 0 Å². The van der Waals surface area contributed by atoms with Crippen LogP contribution in [0.15, 0.2) is 0 Å². The van der Waals surface area contributed by atoms with Crippen molar-refractivity contribution in [2.45, 2.75) is 59.4 Å².